The van der Waals surface area contributed by atoms with Crippen molar-refractivity contribution >= 4 is 23.2 Å². The van der Waals surface area contributed by atoms with E-state index in [4.69, 9.17) is 4.99 Å². The van der Waals surface area contributed by atoms with Gasteiger partial charge in [0.1, 0.15) is 0 Å². The van der Waals surface area contributed by atoms with Crippen molar-refractivity contribution < 1.29 is 0 Å². The first-order valence-electron chi connectivity index (χ1n) is 8.49. The fourth-order valence-corrected chi connectivity index (χ4v) is 3.33. The molecule has 2 aromatic carbocycles. The van der Waals surface area contributed by atoms with Crippen molar-refractivity contribution in [1.29, 1.82) is 0 Å². The van der Waals surface area contributed by atoms with Crippen molar-refractivity contribution in [1.82, 2.24) is 4.68 Å². The highest BCUT2D eigenvalue weighted by molar-refractivity contribution is 7.07. The van der Waals surface area contributed by atoms with Gasteiger partial charge in [0.2, 0.25) is 4.80 Å². The van der Waals surface area contributed by atoms with Gasteiger partial charge in [0.05, 0.1) is 17.6 Å². The molecule has 1 heterocycles. The maximum Gasteiger partial charge on any atom is 0.211 e. The fraction of sp³-hybridized carbons (Fsp3) is 0.238. The van der Waals surface area contributed by atoms with Crippen molar-refractivity contribution in [2.24, 2.45) is 10.1 Å². The second-order valence-electron chi connectivity index (χ2n) is 6.21. The van der Waals surface area contributed by atoms with Crippen LogP contribution in [-0.4, -0.2) is 10.9 Å². The van der Waals surface area contributed by atoms with Crippen molar-refractivity contribution in [3.05, 3.63) is 80.6 Å². The lowest BCUT2D eigenvalue weighted by atomic mass is 10.1. The second kappa shape index (κ2) is 7.62. The summed E-state index contributed by atoms with van der Waals surface area (Å²) in [6.07, 6.45) is 2.94. The van der Waals surface area contributed by atoms with Crippen LogP contribution in [0.25, 0.3) is 0 Å². The SMILES string of the molecule is CCc1ccc(C=Nn2c(C)csc2=Nc2cc(C)ccc2C)cc1. The fourth-order valence-electron chi connectivity index (χ4n) is 2.51. The lowest BCUT2D eigenvalue weighted by molar-refractivity contribution is 0.809. The molecule has 3 rings (SSSR count). The van der Waals surface area contributed by atoms with Crippen LogP contribution in [0.2, 0.25) is 0 Å². The summed E-state index contributed by atoms with van der Waals surface area (Å²) in [6, 6.07) is 14.8. The van der Waals surface area contributed by atoms with Gasteiger partial charge < -0.3 is 0 Å². The molecule has 0 aliphatic rings. The Hall–Kier alpha value is -2.46. The van der Waals surface area contributed by atoms with E-state index in [1.54, 1.807) is 11.3 Å². The van der Waals surface area contributed by atoms with E-state index in [9.17, 15) is 0 Å². The summed E-state index contributed by atoms with van der Waals surface area (Å²) in [5, 5.41) is 6.73. The number of hydrogen-bond acceptors (Lipinski definition) is 3. The van der Waals surface area contributed by atoms with Crippen molar-refractivity contribution in [3.8, 4) is 0 Å². The van der Waals surface area contributed by atoms with Gasteiger partial charge in [0, 0.05) is 5.38 Å². The molecule has 128 valence electrons. The van der Waals surface area contributed by atoms with Gasteiger partial charge in [-0.05, 0) is 55.5 Å². The van der Waals surface area contributed by atoms with E-state index in [1.165, 1.54) is 16.7 Å². The molecule has 0 unspecified atom stereocenters. The molecule has 3 nitrogen and oxygen atoms in total. The zero-order valence-electron chi connectivity index (χ0n) is 15.2. The summed E-state index contributed by atoms with van der Waals surface area (Å²) in [6.45, 7) is 8.39. The maximum atomic E-state index is 4.83. The average Bonchev–Trinajstić information content (AvgIpc) is 2.96. The Morgan fingerprint density at radius 2 is 1.80 bits per heavy atom. The lowest BCUT2D eigenvalue weighted by Gasteiger charge is -2.02. The van der Waals surface area contributed by atoms with Crippen LogP contribution in [0.15, 0.2) is 57.9 Å². The second-order valence-corrected chi connectivity index (χ2v) is 7.05. The van der Waals surface area contributed by atoms with E-state index >= 15 is 0 Å². The Morgan fingerprint density at radius 1 is 1.04 bits per heavy atom. The number of aromatic nitrogens is 1. The van der Waals surface area contributed by atoms with Crippen LogP contribution < -0.4 is 4.80 Å². The minimum Gasteiger partial charge on any atom is -0.219 e. The molecule has 0 aliphatic heterocycles. The van der Waals surface area contributed by atoms with E-state index in [-0.39, 0.29) is 0 Å². The molecule has 25 heavy (non-hydrogen) atoms. The molecule has 0 N–H and O–H groups in total. The molecule has 0 aliphatic carbocycles. The predicted octanol–water partition coefficient (Wildman–Crippen LogP) is 5.15. The van der Waals surface area contributed by atoms with Gasteiger partial charge in [-0.3, -0.25) is 0 Å². The summed E-state index contributed by atoms with van der Waals surface area (Å²) >= 11 is 1.61. The van der Waals surface area contributed by atoms with Crippen LogP contribution in [0.5, 0.6) is 0 Å². The zero-order valence-corrected chi connectivity index (χ0v) is 16.0. The first-order valence-corrected chi connectivity index (χ1v) is 9.37. The molecule has 0 amide bonds. The Labute approximate surface area is 153 Å². The van der Waals surface area contributed by atoms with Gasteiger partial charge in [0.25, 0.3) is 0 Å². The van der Waals surface area contributed by atoms with Gasteiger partial charge in [-0.15, -0.1) is 11.3 Å². The number of thiazole rings is 1. The Morgan fingerprint density at radius 3 is 2.52 bits per heavy atom. The normalized spacial score (nSPS) is 12.2. The van der Waals surface area contributed by atoms with Crippen LogP contribution in [0.3, 0.4) is 0 Å². The molecule has 1 aromatic heterocycles. The summed E-state index contributed by atoms with van der Waals surface area (Å²) < 4.78 is 1.90. The highest BCUT2D eigenvalue weighted by Crippen LogP contribution is 2.19. The molecule has 0 bridgehead atoms. The molecule has 0 atom stereocenters. The number of aryl methyl sites for hydroxylation is 4. The van der Waals surface area contributed by atoms with Gasteiger partial charge in [-0.1, -0.05) is 43.3 Å². The molecular formula is C21H23N3S. The van der Waals surface area contributed by atoms with Gasteiger partial charge >= 0.3 is 0 Å². The largest absolute Gasteiger partial charge is 0.219 e. The lowest BCUT2D eigenvalue weighted by Crippen LogP contribution is -2.11. The smallest absolute Gasteiger partial charge is 0.211 e. The molecular weight excluding hydrogens is 326 g/mol. The third-order valence-corrected chi connectivity index (χ3v) is 5.08. The summed E-state index contributed by atoms with van der Waals surface area (Å²) in [4.78, 5) is 5.71. The van der Waals surface area contributed by atoms with Crippen molar-refractivity contribution in [3.63, 3.8) is 0 Å². The summed E-state index contributed by atoms with van der Waals surface area (Å²) in [5.74, 6) is 0. The third-order valence-electron chi connectivity index (χ3n) is 4.14. The number of hydrogen-bond donors (Lipinski definition) is 0. The van der Waals surface area contributed by atoms with Crippen LogP contribution in [0.1, 0.15) is 34.9 Å². The Bertz CT molecular complexity index is 960. The van der Waals surface area contributed by atoms with E-state index in [2.05, 4.69) is 80.6 Å². The van der Waals surface area contributed by atoms with Crippen LogP contribution in [0, 0.1) is 20.8 Å². The number of benzene rings is 2. The predicted molar refractivity (Wildman–Crippen MR) is 107 cm³/mol. The first kappa shape index (κ1) is 17.4. The molecule has 3 aromatic rings. The average molecular weight is 350 g/mol. The third kappa shape index (κ3) is 4.15. The van der Waals surface area contributed by atoms with Gasteiger partial charge in [-0.25, -0.2) is 9.67 Å². The molecule has 0 saturated carbocycles. The summed E-state index contributed by atoms with van der Waals surface area (Å²) in [7, 11) is 0. The minimum absolute atomic E-state index is 0.882. The van der Waals surface area contributed by atoms with Crippen LogP contribution >= 0.6 is 11.3 Å². The molecule has 0 fully saturated rings. The highest BCUT2D eigenvalue weighted by atomic mass is 32.1. The topological polar surface area (TPSA) is 29.6 Å². The maximum absolute atomic E-state index is 4.83. The zero-order chi connectivity index (χ0) is 17.8. The first-order chi connectivity index (χ1) is 12.1. The number of nitrogens with zero attached hydrogens (tertiary/aromatic N) is 3. The molecule has 0 saturated heterocycles. The quantitative estimate of drug-likeness (QED) is 0.583. The minimum atomic E-state index is 0.882. The molecule has 4 heteroatoms. The van der Waals surface area contributed by atoms with Gasteiger partial charge in [0.15, 0.2) is 0 Å². The molecule has 0 radical (unpaired) electrons. The standard InChI is InChI=1S/C21H23N3S/c1-5-18-8-10-19(11-9-18)13-22-24-17(4)14-25-21(24)23-20-12-15(2)6-7-16(20)3/h6-14H,5H2,1-4H3. The van der Waals surface area contributed by atoms with Crippen molar-refractivity contribution in [2.45, 2.75) is 34.1 Å². The monoisotopic (exact) mass is 349 g/mol. The van der Waals surface area contributed by atoms with E-state index < -0.39 is 0 Å². The number of rotatable bonds is 4. The summed E-state index contributed by atoms with van der Waals surface area (Å²) in [5.41, 5.74) is 6.88. The van der Waals surface area contributed by atoms with E-state index in [0.717, 1.165) is 28.2 Å². The highest BCUT2D eigenvalue weighted by Gasteiger charge is 2.02. The molecule has 0 spiro atoms. The van der Waals surface area contributed by atoms with Crippen LogP contribution in [0.4, 0.5) is 5.69 Å². The van der Waals surface area contributed by atoms with Crippen LogP contribution in [-0.2, 0) is 6.42 Å². The van der Waals surface area contributed by atoms with Crippen molar-refractivity contribution in [2.75, 3.05) is 0 Å². The Kier molecular flexibility index (Phi) is 5.29. The van der Waals surface area contributed by atoms with Gasteiger partial charge in [-0.2, -0.15) is 5.10 Å². The van der Waals surface area contributed by atoms with E-state index in [0.29, 0.717) is 0 Å². The van der Waals surface area contributed by atoms with E-state index in [1.807, 2.05) is 10.9 Å². The Balaban J connectivity index is 1.97.